The van der Waals surface area contributed by atoms with Gasteiger partial charge in [0.05, 0.1) is 42.6 Å². The van der Waals surface area contributed by atoms with Crippen molar-refractivity contribution in [1.29, 1.82) is 5.41 Å². The van der Waals surface area contributed by atoms with Crippen LogP contribution in [0.2, 0.25) is 0 Å². The van der Waals surface area contributed by atoms with Gasteiger partial charge in [-0.25, -0.2) is 4.99 Å². The van der Waals surface area contributed by atoms with Gasteiger partial charge in [0.2, 0.25) is 5.88 Å². The highest BCUT2D eigenvalue weighted by atomic mass is 16.5. The highest BCUT2D eigenvalue weighted by molar-refractivity contribution is 5.83. The van der Waals surface area contributed by atoms with Gasteiger partial charge in [-0.2, -0.15) is 0 Å². The van der Waals surface area contributed by atoms with Gasteiger partial charge in [0.25, 0.3) is 0 Å². The topological polar surface area (TPSA) is 135 Å². The van der Waals surface area contributed by atoms with E-state index < -0.39 is 0 Å². The number of nitrogens with zero attached hydrogens (tertiary/aromatic N) is 3. The third-order valence-electron chi connectivity index (χ3n) is 5.01. The normalized spacial score (nSPS) is 17.4. The number of furan rings is 1. The van der Waals surface area contributed by atoms with Crippen molar-refractivity contribution >= 4 is 30.7 Å². The van der Waals surface area contributed by atoms with Crippen LogP contribution in [0, 0.1) is 16.7 Å². The number of hydrogen-bond acceptors (Lipinski definition) is 8. The SMILES string of the molecule is CC.CC(C)/C=N\c1occc1C=N.CC1(C)C=CC(N)=C(CN)N=C1.CC1=CC2=C(C=NC1)OCC2. The molecule has 0 saturated carbocycles. The lowest BCUT2D eigenvalue weighted by atomic mass is 9.95. The molecule has 0 spiro atoms. The van der Waals surface area contributed by atoms with E-state index in [2.05, 4.69) is 41.8 Å². The van der Waals surface area contributed by atoms with Crippen molar-refractivity contribution in [2.24, 2.45) is 37.8 Å². The molecule has 0 amide bonds. The largest absolute Gasteiger partial charge is 0.491 e. The summed E-state index contributed by atoms with van der Waals surface area (Å²) in [6, 6.07) is 1.72. The molecule has 1 aromatic rings. The van der Waals surface area contributed by atoms with E-state index in [4.69, 9.17) is 26.0 Å². The predicted molar refractivity (Wildman–Crippen MR) is 157 cm³/mol. The Morgan fingerprint density at radius 3 is 2.65 bits per heavy atom. The number of ether oxygens (including phenoxy) is 1. The maximum Gasteiger partial charge on any atom is 0.227 e. The number of aliphatic imine (C=N–C) groups is 3. The molecule has 202 valence electrons. The minimum Gasteiger partial charge on any atom is -0.491 e. The lowest BCUT2D eigenvalue weighted by Gasteiger charge is -2.10. The van der Waals surface area contributed by atoms with Crippen molar-refractivity contribution in [2.75, 3.05) is 19.7 Å². The first-order valence-corrected chi connectivity index (χ1v) is 12.7. The Morgan fingerprint density at radius 2 is 2.00 bits per heavy atom. The zero-order valence-electron chi connectivity index (χ0n) is 23.4. The lowest BCUT2D eigenvalue weighted by molar-refractivity contribution is 0.265. The first-order valence-electron chi connectivity index (χ1n) is 12.7. The van der Waals surface area contributed by atoms with E-state index in [1.165, 1.54) is 23.6 Å². The van der Waals surface area contributed by atoms with E-state index in [1.54, 1.807) is 12.3 Å². The van der Waals surface area contributed by atoms with E-state index >= 15 is 0 Å². The Bertz CT molecular complexity index is 1080. The molecule has 4 rings (SSSR count). The molecule has 3 aliphatic heterocycles. The fourth-order valence-electron chi connectivity index (χ4n) is 3.04. The molecule has 8 nitrogen and oxygen atoms in total. The molecule has 0 radical (unpaired) electrons. The van der Waals surface area contributed by atoms with Gasteiger partial charge in [0.1, 0.15) is 5.76 Å². The molecule has 0 saturated heterocycles. The Labute approximate surface area is 222 Å². The lowest BCUT2D eigenvalue weighted by Crippen LogP contribution is -2.09. The van der Waals surface area contributed by atoms with Crippen molar-refractivity contribution in [2.45, 2.75) is 54.9 Å². The van der Waals surface area contributed by atoms with Crippen LogP contribution in [0.5, 0.6) is 0 Å². The highest BCUT2D eigenvalue weighted by Crippen LogP contribution is 2.22. The van der Waals surface area contributed by atoms with E-state index in [0.29, 0.717) is 29.6 Å². The summed E-state index contributed by atoms with van der Waals surface area (Å²) in [6.07, 6.45) is 15.4. The molecule has 0 aliphatic carbocycles. The summed E-state index contributed by atoms with van der Waals surface area (Å²) in [5.41, 5.74) is 15.9. The van der Waals surface area contributed by atoms with Crippen molar-refractivity contribution in [3.63, 3.8) is 0 Å². The van der Waals surface area contributed by atoms with Crippen LogP contribution in [0.1, 0.15) is 60.5 Å². The second-order valence-corrected chi connectivity index (χ2v) is 9.32. The molecule has 0 fully saturated rings. The molecule has 0 unspecified atom stereocenters. The fourth-order valence-corrected chi connectivity index (χ4v) is 3.04. The summed E-state index contributed by atoms with van der Waals surface area (Å²) in [4.78, 5) is 12.5. The summed E-state index contributed by atoms with van der Waals surface area (Å²) in [5, 5.41) is 7.03. The summed E-state index contributed by atoms with van der Waals surface area (Å²) < 4.78 is 10.4. The monoisotopic (exact) mass is 508 g/mol. The summed E-state index contributed by atoms with van der Waals surface area (Å²) in [5.74, 6) is 1.88. The molecule has 37 heavy (non-hydrogen) atoms. The number of hydrogen-bond donors (Lipinski definition) is 3. The Hall–Kier alpha value is -3.52. The third-order valence-corrected chi connectivity index (χ3v) is 5.01. The Kier molecular flexibility index (Phi) is 13.9. The van der Waals surface area contributed by atoms with Gasteiger partial charge in [-0.1, -0.05) is 59.3 Å². The number of rotatable bonds is 4. The minimum atomic E-state index is -0.0262. The summed E-state index contributed by atoms with van der Waals surface area (Å²) in [7, 11) is 0. The second kappa shape index (κ2) is 16.3. The molecule has 5 N–H and O–H groups in total. The van der Waals surface area contributed by atoms with Crippen molar-refractivity contribution < 1.29 is 9.15 Å². The molecule has 4 heterocycles. The average Bonchev–Trinajstić information content (AvgIpc) is 3.45. The zero-order chi connectivity index (χ0) is 27.8. The van der Waals surface area contributed by atoms with Gasteiger partial charge in [0, 0.05) is 37.0 Å². The van der Waals surface area contributed by atoms with Crippen LogP contribution in [0.3, 0.4) is 0 Å². The summed E-state index contributed by atoms with van der Waals surface area (Å²) >= 11 is 0. The predicted octanol–water partition coefficient (Wildman–Crippen LogP) is 6.14. The van der Waals surface area contributed by atoms with Crippen LogP contribution in [-0.2, 0) is 4.74 Å². The highest BCUT2D eigenvalue weighted by Gasteiger charge is 2.14. The molecule has 8 heteroatoms. The minimum absolute atomic E-state index is 0.0262. The standard InChI is InChI=1S/C9H15N3.C9H12N2O.C9H11NO.C2H6/c1-9(2)4-3-7(11)8(5-10)12-6-9;1-7(2)6-11-9-8(5-10)3-4-12-9;1-7-4-8-2-3-11-9(8)6-10-5-7;1-2/h3-4,6H,5,10-11H2,1-2H3;3-7,10H,1-2H3;4,6H,2-3,5H2,1H3;1-2H3/b;10-5?,11-6-;;. The Balaban J connectivity index is 0.000000268. The van der Waals surface area contributed by atoms with Crippen LogP contribution >= 0.6 is 0 Å². The van der Waals surface area contributed by atoms with Gasteiger partial charge < -0.3 is 26.0 Å². The zero-order valence-corrected chi connectivity index (χ0v) is 23.4. The molecular formula is C29H44N6O2. The average molecular weight is 509 g/mol. The maximum atomic E-state index is 7.03. The molecule has 0 atom stereocenters. The number of nitrogens with two attached hydrogens (primary N) is 2. The van der Waals surface area contributed by atoms with Crippen LogP contribution in [0.15, 0.2) is 78.3 Å². The molecule has 3 aliphatic rings. The maximum absolute atomic E-state index is 7.03. The molecule has 0 bridgehead atoms. The number of nitrogens with one attached hydrogen (secondary N) is 1. The smallest absolute Gasteiger partial charge is 0.227 e. The van der Waals surface area contributed by atoms with Gasteiger partial charge in [0.15, 0.2) is 0 Å². The first-order chi connectivity index (χ1) is 17.6. The van der Waals surface area contributed by atoms with Crippen molar-refractivity contribution in [1.82, 2.24) is 0 Å². The van der Waals surface area contributed by atoms with Gasteiger partial charge >= 0.3 is 0 Å². The van der Waals surface area contributed by atoms with Crippen LogP contribution < -0.4 is 11.5 Å². The van der Waals surface area contributed by atoms with E-state index in [9.17, 15) is 0 Å². The molecular weight excluding hydrogens is 464 g/mol. The number of allylic oxidation sites excluding steroid dienone is 4. The quantitative estimate of drug-likeness (QED) is 0.421. The summed E-state index contributed by atoms with van der Waals surface area (Å²) in [6.45, 7) is 16.3. The second-order valence-electron chi connectivity index (χ2n) is 9.32. The van der Waals surface area contributed by atoms with E-state index in [0.717, 1.165) is 31.0 Å². The Morgan fingerprint density at radius 1 is 1.27 bits per heavy atom. The van der Waals surface area contributed by atoms with Crippen LogP contribution in [0.4, 0.5) is 5.88 Å². The fraction of sp³-hybridized carbons (Fsp3) is 0.448. The first kappa shape index (κ1) is 31.5. The van der Waals surface area contributed by atoms with Crippen molar-refractivity contribution in [3.05, 3.63) is 64.4 Å². The third kappa shape index (κ3) is 11.4. The van der Waals surface area contributed by atoms with Crippen molar-refractivity contribution in [3.8, 4) is 0 Å². The van der Waals surface area contributed by atoms with E-state index in [1.807, 2.05) is 52.3 Å². The molecule has 1 aromatic heterocycles. The van der Waals surface area contributed by atoms with E-state index in [-0.39, 0.29) is 5.41 Å². The molecule has 0 aromatic carbocycles. The van der Waals surface area contributed by atoms with Crippen LogP contribution in [0.25, 0.3) is 0 Å². The van der Waals surface area contributed by atoms with Gasteiger partial charge in [-0.05, 0) is 30.6 Å². The van der Waals surface area contributed by atoms with Crippen LogP contribution in [-0.4, -0.2) is 44.6 Å². The van der Waals surface area contributed by atoms with Gasteiger partial charge in [-0.3, -0.25) is 9.98 Å². The van der Waals surface area contributed by atoms with Gasteiger partial charge in [-0.15, -0.1) is 0 Å².